The number of nitro groups is 1. The number of benzene rings is 1. The Morgan fingerprint density at radius 3 is 2.77 bits per heavy atom. The maximum atomic E-state index is 12.8. The van der Waals surface area contributed by atoms with Crippen LogP contribution in [0, 0.1) is 10.1 Å². The summed E-state index contributed by atoms with van der Waals surface area (Å²) in [5, 5.41) is 15.7. The normalized spacial score (nSPS) is 18.7. The Hall–Kier alpha value is -3.35. The molecule has 2 heterocycles. The van der Waals surface area contributed by atoms with Crippen LogP contribution in [0.15, 0.2) is 64.4 Å². The zero-order chi connectivity index (χ0) is 22.4. The van der Waals surface area contributed by atoms with Crippen molar-refractivity contribution in [2.24, 2.45) is 0 Å². The number of allylic oxidation sites excluding steroid dienone is 2. The molecule has 1 aliphatic rings. The van der Waals surface area contributed by atoms with Gasteiger partial charge in [-0.3, -0.25) is 23.9 Å². The van der Waals surface area contributed by atoms with Gasteiger partial charge < -0.3 is 5.32 Å². The van der Waals surface area contributed by atoms with Gasteiger partial charge in [-0.15, -0.1) is 11.3 Å². The zero-order valence-electron chi connectivity index (χ0n) is 16.0. The number of rotatable bonds is 5. The summed E-state index contributed by atoms with van der Waals surface area (Å²) in [4.78, 5) is 28.1. The molecule has 0 amide bonds. The van der Waals surface area contributed by atoms with Crippen LogP contribution in [-0.2, 0) is 10.1 Å². The first-order chi connectivity index (χ1) is 14.6. The Balaban J connectivity index is 1.65. The Morgan fingerprint density at radius 1 is 1.35 bits per heavy atom. The predicted octanol–water partition coefficient (Wildman–Crippen LogP) is 3.23. The summed E-state index contributed by atoms with van der Waals surface area (Å²) in [5.74, 6) is 0.267. The van der Waals surface area contributed by atoms with Gasteiger partial charge in [-0.25, -0.2) is 4.98 Å². The topological polar surface area (TPSA) is 144 Å². The van der Waals surface area contributed by atoms with Crippen LogP contribution < -0.4 is 10.9 Å². The van der Waals surface area contributed by atoms with Crippen LogP contribution in [0.3, 0.4) is 0 Å². The fraction of sp³-hybridized carbons (Fsp3) is 0.158. The summed E-state index contributed by atoms with van der Waals surface area (Å²) in [6.45, 7) is 1.41. The number of nitrogens with zero attached hydrogens (tertiary/aromatic N) is 3. The predicted molar refractivity (Wildman–Crippen MR) is 117 cm³/mol. The zero-order valence-corrected chi connectivity index (χ0v) is 17.7. The molecular weight excluding hydrogens is 444 g/mol. The number of hydrogen-bond donors (Lipinski definition) is 2. The van der Waals surface area contributed by atoms with Gasteiger partial charge in [0.05, 0.1) is 10.6 Å². The lowest BCUT2D eigenvalue weighted by atomic mass is 10.0. The maximum Gasteiger partial charge on any atom is 0.274 e. The van der Waals surface area contributed by atoms with Gasteiger partial charge in [0, 0.05) is 34.8 Å². The number of nitro benzene ring substituents is 1. The number of nitrogens with one attached hydrogen (secondary N) is 1. The standard InChI is InChI=1S/C19H16N4O6S2/c1-19(31(27,28)29)7-5-13(6-8-19)20-16-10-17(24)22-15(11-30-18(22)21-16)12-3-2-4-14(9-12)23(25)26/h2-7,9-11,20H,8H2,1H3,(H,27,28,29). The molecule has 0 bridgehead atoms. The monoisotopic (exact) mass is 460 g/mol. The summed E-state index contributed by atoms with van der Waals surface area (Å²) in [7, 11) is -4.26. The van der Waals surface area contributed by atoms with E-state index in [1.807, 2.05) is 0 Å². The third-order valence-electron chi connectivity index (χ3n) is 4.96. The van der Waals surface area contributed by atoms with E-state index in [1.165, 1.54) is 53.0 Å². The van der Waals surface area contributed by atoms with E-state index in [1.54, 1.807) is 23.6 Å². The highest BCUT2D eigenvalue weighted by Crippen LogP contribution is 2.29. The smallest absolute Gasteiger partial charge is 0.274 e. The van der Waals surface area contributed by atoms with Crippen LogP contribution in [0.4, 0.5) is 11.5 Å². The van der Waals surface area contributed by atoms with Gasteiger partial charge in [0.25, 0.3) is 21.4 Å². The lowest BCUT2D eigenvalue weighted by molar-refractivity contribution is -0.384. The van der Waals surface area contributed by atoms with Crippen molar-refractivity contribution in [1.29, 1.82) is 0 Å². The SMILES string of the molecule is CC1(S(=O)(=O)O)C=CC(Nc2cc(=O)n3c(-c4cccc([N+](=O)[O-])c4)csc3n2)=CC1. The molecule has 31 heavy (non-hydrogen) atoms. The van der Waals surface area contributed by atoms with E-state index in [2.05, 4.69) is 10.3 Å². The van der Waals surface area contributed by atoms with Crippen LogP contribution >= 0.6 is 11.3 Å². The van der Waals surface area contributed by atoms with Gasteiger partial charge >= 0.3 is 0 Å². The molecule has 0 fully saturated rings. The van der Waals surface area contributed by atoms with Crippen LogP contribution in [0.2, 0.25) is 0 Å². The minimum atomic E-state index is -4.26. The molecule has 0 aliphatic heterocycles. The van der Waals surface area contributed by atoms with Crippen molar-refractivity contribution >= 4 is 37.9 Å². The highest BCUT2D eigenvalue weighted by atomic mass is 32.2. The summed E-state index contributed by atoms with van der Waals surface area (Å²) in [6, 6.07) is 7.28. The van der Waals surface area contributed by atoms with Crippen LogP contribution in [0.5, 0.6) is 0 Å². The number of fused-ring (bicyclic) bond motifs is 1. The van der Waals surface area contributed by atoms with E-state index < -0.39 is 19.8 Å². The number of hydrogen-bond acceptors (Lipinski definition) is 8. The van der Waals surface area contributed by atoms with E-state index in [4.69, 9.17) is 0 Å². The van der Waals surface area contributed by atoms with Gasteiger partial charge in [-0.05, 0) is 19.4 Å². The van der Waals surface area contributed by atoms with E-state index in [-0.39, 0.29) is 23.5 Å². The molecule has 160 valence electrons. The molecule has 3 aromatic rings. The molecule has 0 spiro atoms. The molecule has 1 aliphatic carbocycles. The third-order valence-corrected chi connectivity index (χ3v) is 7.27. The molecule has 10 nitrogen and oxygen atoms in total. The molecule has 0 radical (unpaired) electrons. The van der Waals surface area contributed by atoms with E-state index in [0.29, 0.717) is 21.9 Å². The highest BCUT2D eigenvalue weighted by molar-refractivity contribution is 7.87. The van der Waals surface area contributed by atoms with Gasteiger partial charge in [-0.2, -0.15) is 8.42 Å². The van der Waals surface area contributed by atoms with Crippen LogP contribution in [-0.4, -0.2) is 32.0 Å². The van der Waals surface area contributed by atoms with Crippen molar-refractivity contribution in [3.8, 4) is 11.3 Å². The van der Waals surface area contributed by atoms with Gasteiger partial charge in [0.2, 0.25) is 0 Å². The summed E-state index contributed by atoms with van der Waals surface area (Å²) >= 11 is 1.21. The lowest BCUT2D eigenvalue weighted by Gasteiger charge is -2.24. The Morgan fingerprint density at radius 2 is 2.13 bits per heavy atom. The highest BCUT2D eigenvalue weighted by Gasteiger charge is 2.36. The van der Waals surface area contributed by atoms with E-state index >= 15 is 0 Å². The molecular formula is C19H16N4O6S2. The summed E-state index contributed by atoms with van der Waals surface area (Å²) in [6.07, 6.45) is 4.54. The van der Waals surface area contributed by atoms with E-state index in [9.17, 15) is 27.9 Å². The number of thiazole rings is 1. The second-order valence-electron chi connectivity index (χ2n) is 7.14. The molecule has 2 N–H and O–H groups in total. The second-order valence-corrected chi connectivity index (χ2v) is 9.85. The minimum absolute atomic E-state index is 0.0574. The van der Waals surface area contributed by atoms with Crippen molar-refractivity contribution < 1.29 is 17.9 Å². The van der Waals surface area contributed by atoms with Crippen molar-refractivity contribution in [3.05, 3.63) is 80.1 Å². The number of aromatic nitrogens is 2. The Bertz CT molecular complexity index is 1440. The first kappa shape index (κ1) is 20.9. The van der Waals surface area contributed by atoms with Crippen LogP contribution in [0.1, 0.15) is 13.3 Å². The molecule has 1 atom stereocenters. The maximum absolute atomic E-state index is 12.8. The lowest BCUT2D eigenvalue weighted by Crippen LogP contribution is -2.33. The van der Waals surface area contributed by atoms with Gasteiger partial charge in [0.15, 0.2) is 4.96 Å². The molecule has 4 rings (SSSR count). The molecule has 0 saturated carbocycles. The fourth-order valence-electron chi connectivity index (χ4n) is 3.11. The van der Waals surface area contributed by atoms with Gasteiger partial charge in [0.1, 0.15) is 10.6 Å². The first-order valence-corrected chi connectivity index (χ1v) is 11.3. The number of non-ortho nitro benzene ring substituents is 1. The van der Waals surface area contributed by atoms with Crippen molar-refractivity contribution in [3.63, 3.8) is 0 Å². The fourth-order valence-corrected chi connectivity index (χ4v) is 4.55. The van der Waals surface area contributed by atoms with E-state index in [0.717, 1.165) is 0 Å². The number of anilines is 1. The minimum Gasteiger partial charge on any atom is -0.340 e. The molecule has 1 aromatic carbocycles. The second kappa shape index (κ2) is 7.41. The third kappa shape index (κ3) is 3.87. The van der Waals surface area contributed by atoms with Crippen LogP contribution in [0.25, 0.3) is 16.2 Å². The summed E-state index contributed by atoms with van der Waals surface area (Å²) < 4.78 is 32.3. The summed E-state index contributed by atoms with van der Waals surface area (Å²) in [5.41, 5.74) is 1.09. The first-order valence-electron chi connectivity index (χ1n) is 8.97. The average molecular weight is 460 g/mol. The molecule has 0 saturated heterocycles. The average Bonchev–Trinajstić information content (AvgIpc) is 3.14. The quantitative estimate of drug-likeness (QED) is 0.335. The Kier molecular flexibility index (Phi) is 5.00. The van der Waals surface area contributed by atoms with Crippen molar-refractivity contribution in [2.45, 2.75) is 18.1 Å². The van der Waals surface area contributed by atoms with Gasteiger partial charge in [-0.1, -0.05) is 24.3 Å². The molecule has 12 heteroatoms. The molecule has 2 aromatic heterocycles. The van der Waals surface area contributed by atoms with Crippen molar-refractivity contribution in [1.82, 2.24) is 9.38 Å². The van der Waals surface area contributed by atoms with Crippen molar-refractivity contribution in [2.75, 3.05) is 5.32 Å². The Labute approximate surface area is 180 Å². The largest absolute Gasteiger partial charge is 0.340 e. The molecule has 1 unspecified atom stereocenters.